The molecule has 2 rings (SSSR count). The second-order valence-electron chi connectivity index (χ2n) is 6.48. The van der Waals surface area contributed by atoms with Gasteiger partial charge in [0.25, 0.3) is 5.91 Å². The maximum absolute atomic E-state index is 12.4. The van der Waals surface area contributed by atoms with E-state index in [0.717, 1.165) is 5.56 Å². The molecule has 1 atom stereocenters. The summed E-state index contributed by atoms with van der Waals surface area (Å²) in [4.78, 5) is 14.4. The summed E-state index contributed by atoms with van der Waals surface area (Å²) >= 11 is 6.28. The third-order valence-electron chi connectivity index (χ3n) is 3.99. The molecule has 0 aromatic heterocycles. The average molecular weight is 395 g/mol. The summed E-state index contributed by atoms with van der Waals surface area (Å²) in [5.41, 5.74) is 2.09. The Morgan fingerprint density at radius 2 is 1.73 bits per heavy atom. The Balaban J connectivity index is 2.05. The van der Waals surface area contributed by atoms with Gasteiger partial charge in [-0.15, -0.1) is 0 Å². The number of carbonyl (C=O) groups is 1. The number of likely N-dealkylation sites (N-methyl/N-ethyl adjacent to an activating group) is 1. The lowest BCUT2D eigenvalue weighted by molar-refractivity contribution is 0.0942. The van der Waals surface area contributed by atoms with Crippen LogP contribution in [0.2, 0.25) is 5.02 Å². The van der Waals surface area contributed by atoms with Crippen molar-refractivity contribution >= 4 is 27.3 Å². The Hall–Kier alpha value is -1.89. The molecule has 0 aliphatic rings. The van der Waals surface area contributed by atoms with Crippen LogP contribution in [0.3, 0.4) is 0 Å². The maximum atomic E-state index is 12.4. The van der Waals surface area contributed by atoms with Crippen molar-refractivity contribution in [3.8, 4) is 0 Å². The van der Waals surface area contributed by atoms with E-state index in [-0.39, 0.29) is 17.7 Å². The van der Waals surface area contributed by atoms with E-state index < -0.39 is 9.84 Å². The summed E-state index contributed by atoms with van der Waals surface area (Å²) in [7, 11) is 0.767. The molecule has 0 saturated carbocycles. The molecular weight excluding hydrogens is 372 g/mol. The third-order valence-corrected chi connectivity index (χ3v) is 5.19. The van der Waals surface area contributed by atoms with E-state index in [4.69, 9.17) is 11.6 Å². The van der Waals surface area contributed by atoms with Crippen molar-refractivity contribution < 1.29 is 13.2 Å². The van der Waals surface area contributed by atoms with Gasteiger partial charge in [0.1, 0.15) is 0 Å². The zero-order valence-corrected chi connectivity index (χ0v) is 16.6. The van der Waals surface area contributed by atoms with E-state index in [2.05, 4.69) is 5.32 Å². The summed E-state index contributed by atoms with van der Waals surface area (Å²) in [6, 6.07) is 14.1. The quantitative estimate of drug-likeness (QED) is 0.784. The van der Waals surface area contributed by atoms with Crippen LogP contribution in [0.25, 0.3) is 0 Å². The minimum Gasteiger partial charge on any atom is -0.350 e. The highest BCUT2D eigenvalue weighted by molar-refractivity contribution is 7.89. The summed E-state index contributed by atoms with van der Waals surface area (Å²) in [5.74, 6) is -0.251. The van der Waals surface area contributed by atoms with Crippen LogP contribution in [0.1, 0.15) is 27.5 Å². The molecule has 2 aromatic rings. The fourth-order valence-electron chi connectivity index (χ4n) is 2.66. The third kappa shape index (κ3) is 5.83. The number of rotatable bonds is 7. The van der Waals surface area contributed by atoms with Gasteiger partial charge in [0.05, 0.1) is 11.8 Å². The fraction of sp³-hybridized carbons (Fsp3) is 0.316. The highest BCUT2D eigenvalue weighted by atomic mass is 35.5. The van der Waals surface area contributed by atoms with Crippen LogP contribution < -0.4 is 5.32 Å². The van der Waals surface area contributed by atoms with Crippen LogP contribution in [0.15, 0.2) is 48.5 Å². The van der Waals surface area contributed by atoms with Crippen LogP contribution >= 0.6 is 11.6 Å². The van der Waals surface area contributed by atoms with E-state index in [1.165, 1.54) is 6.26 Å². The van der Waals surface area contributed by atoms with Crippen molar-refractivity contribution in [1.82, 2.24) is 10.2 Å². The first kappa shape index (κ1) is 20.4. The normalized spacial score (nSPS) is 12.8. The van der Waals surface area contributed by atoms with Crippen LogP contribution in [0.5, 0.6) is 0 Å². The van der Waals surface area contributed by atoms with Crippen molar-refractivity contribution in [3.63, 3.8) is 0 Å². The molecule has 2 aromatic carbocycles. The van der Waals surface area contributed by atoms with Crippen molar-refractivity contribution in [2.24, 2.45) is 0 Å². The van der Waals surface area contributed by atoms with E-state index in [1.54, 1.807) is 24.3 Å². The first-order valence-corrected chi connectivity index (χ1v) is 10.6. The van der Waals surface area contributed by atoms with Crippen LogP contribution in [0.4, 0.5) is 0 Å². The molecule has 0 aliphatic carbocycles. The monoisotopic (exact) mass is 394 g/mol. The molecule has 0 bridgehead atoms. The number of nitrogens with one attached hydrogen (secondary N) is 1. The molecule has 0 radical (unpaired) electrons. The maximum Gasteiger partial charge on any atom is 0.251 e. The summed E-state index contributed by atoms with van der Waals surface area (Å²) in [6.07, 6.45) is 1.18. The zero-order chi connectivity index (χ0) is 19.3. The number of halogens is 1. The molecule has 0 saturated heterocycles. The largest absolute Gasteiger partial charge is 0.350 e. The Morgan fingerprint density at radius 3 is 2.27 bits per heavy atom. The fourth-order valence-corrected chi connectivity index (χ4v) is 3.72. The van der Waals surface area contributed by atoms with Crippen LogP contribution in [-0.2, 0) is 15.6 Å². The number of benzene rings is 2. The number of hydrogen-bond acceptors (Lipinski definition) is 4. The number of carbonyl (C=O) groups excluding carboxylic acids is 1. The van der Waals surface area contributed by atoms with Gasteiger partial charge in [-0.2, -0.15) is 0 Å². The zero-order valence-electron chi connectivity index (χ0n) is 15.1. The first-order valence-electron chi connectivity index (χ1n) is 8.13. The Morgan fingerprint density at radius 1 is 1.12 bits per heavy atom. The van der Waals surface area contributed by atoms with E-state index in [1.807, 2.05) is 43.3 Å². The molecule has 0 fully saturated rings. The standard InChI is InChI=1S/C19H23ClN2O3S/c1-22(2)18(16-6-4-5-7-17(16)20)12-21-19(23)15-10-8-14(9-11-15)13-26(3,24)25/h4-11,18H,12-13H2,1-3H3,(H,21,23)/t18-/m0/s1. The molecule has 0 heterocycles. The molecule has 5 nitrogen and oxygen atoms in total. The number of nitrogens with zero attached hydrogens (tertiary/aromatic N) is 1. The van der Waals surface area contributed by atoms with Gasteiger partial charge in [-0.3, -0.25) is 4.79 Å². The van der Waals surface area contributed by atoms with Gasteiger partial charge in [0.2, 0.25) is 0 Å². The van der Waals surface area contributed by atoms with E-state index in [0.29, 0.717) is 22.7 Å². The van der Waals surface area contributed by atoms with Crippen molar-refractivity contribution in [2.45, 2.75) is 11.8 Å². The highest BCUT2D eigenvalue weighted by Crippen LogP contribution is 2.25. The molecule has 0 aliphatic heterocycles. The van der Waals surface area contributed by atoms with Crippen molar-refractivity contribution in [2.75, 3.05) is 26.9 Å². The molecule has 1 N–H and O–H groups in total. The van der Waals surface area contributed by atoms with Gasteiger partial charge in [-0.25, -0.2) is 8.42 Å². The Labute approximate surface area is 159 Å². The number of amides is 1. The molecule has 26 heavy (non-hydrogen) atoms. The average Bonchev–Trinajstić information content (AvgIpc) is 2.55. The molecule has 0 unspecified atom stereocenters. The van der Waals surface area contributed by atoms with Gasteiger partial charge in [-0.05, 0) is 43.4 Å². The molecular formula is C19H23ClN2O3S. The Kier molecular flexibility index (Phi) is 6.81. The smallest absolute Gasteiger partial charge is 0.251 e. The number of hydrogen-bond donors (Lipinski definition) is 1. The predicted octanol–water partition coefficient (Wildman–Crippen LogP) is 2.92. The van der Waals surface area contributed by atoms with Gasteiger partial charge in [0, 0.05) is 23.4 Å². The molecule has 7 heteroatoms. The summed E-state index contributed by atoms with van der Waals surface area (Å²) in [6.45, 7) is 0.403. The van der Waals surface area contributed by atoms with Gasteiger partial charge < -0.3 is 10.2 Å². The van der Waals surface area contributed by atoms with Gasteiger partial charge in [-0.1, -0.05) is 41.9 Å². The van der Waals surface area contributed by atoms with Crippen molar-refractivity contribution in [3.05, 3.63) is 70.2 Å². The first-order chi connectivity index (χ1) is 12.2. The lowest BCUT2D eigenvalue weighted by atomic mass is 10.1. The Bertz CT molecular complexity index is 865. The highest BCUT2D eigenvalue weighted by Gasteiger charge is 2.18. The van der Waals surface area contributed by atoms with Crippen LogP contribution in [0, 0.1) is 0 Å². The van der Waals surface area contributed by atoms with Gasteiger partial charge >= 0.3 is 0 Å². The molecule has 0 spiro atoms. The van der Waals surface area contributed by atoms with E-state index in [9.17, 15) is 13.2 Å². The molecule has 1 amide bonds. The second kappa shape index (κ2) is 8.66. The lowest BCUT2D eigenvalue weighted by Gasteiger charge is -2.26. The van der Waals surface area contributed by atoms with Crippen molar-refractivity contribution in [1.29, 1.82) is 0 Å². The minimum atomic E-state index is -3.09. The van der Waals surface area contributed by atoms with E-state index >= 15 is 0 Å². The predicted molar refractivity (Wildman–Crippen MR) is 105 cm³/mol. The second-order valence-corrected chi connectivity index (χ2v) is 9.03. The minimum absolute atomic E-state index is 0.0376. The summed E-state index contributed by atoms with van der Waals surface area (Å²) < 4.78 is 22.7. The van der Waals surface area contributed by atoms with Gasteiger partial charge in [0.15, 0.2) is 9.84 Å². The molecule has 140 valence electrons. The summed E-state index contributed by atoms with van der Waals surface area (Å²) in [5, 5.41) is 3.57. The van der Waals surface area contributed by atoms with Crippen LogP contribution in [-0.4, -0.2) is 46.1 Å². The lowest BCUT2D eigenvalue weighted by Crippen LogP contribution is -2.34. The number of sulfone groups is 1. The SMILES string of the molecule is CN(C)[C@@H](CNC(=O)c1ccc(CS(C)(=O)=O)cc1)c1ccccc1Cl. The topological polar surface area (TPSA) is 66.5 Å².